The molecule has 0 saturated carbocycles. The Labute approximate surface area is 204 Å². The van der Waals surface area contributed by atoms with Crippen LogP contribution in [0.1, 0.15) is 24.0 Å². The van der Waals surface area contributed by atoms with Gasteiger partial charge in [0.2, 0.25) is 0 Å². The van der Waals surface area contributed by atoms with Crippen LogP contribution in [0.5, 0.6) is 5.75 Å². The predicted octanol–water partition coefficient (Wildman–Crippen LogP) is 7.82. The molecule has 0 spiro atoms. The normalized spacial score (nSPS) is 11.8. The minimum Gasteiger partial charge on any atom is -0.507 e. The maximum absolute atomic E-state index is 10.7. The van der Waals surface area contributed by atoms with Crippen LogP contribution in [0.15, 0.2) is 125 Å². The first-order valence-electron chi connectivity index (χ1n) is 11.2. The Hall–Kier alpha value is -3.89. The number of aromatic nitrogens is 2. The van der Waals surface area contributed by atoms with Gasteiger partial charge in [-0.05, 0) is 59.7 Å². The van der Waals surface area contributed by atoms with Gasteiger partial charge >= 0.3 is 0 Å². The molecule has 166 valence electrons. The average Bonchev–Trinajstić information content (AvgIpc) is 2.90. The second-order valence-electron chi connectivity index (χ2n) is 8.11. The second-order valence-corrected chi connectivity index (χ2v) is 9.21. The van der Waals surface area contributed by atoms with Crippen molar-refractivity contribution >= 4 is 11.8 Å². The number of pyridine rings is 2. The predicted molar refractivity (Wildman–Crippen MR) is 139 cm³/mol. The summed E-state index contributed by atoms with van der Waals surface area (Å²) in [5.74, 6) is 0.442. The first kappa shape index (κ1) is 21.9. The molecule has 1 N–H and O–H groups in total. The van der Waals surface area contributed by atoms with Crippen molar-refractivity contribution in [1.29, 1.82) is 0 Å². The number of benzene rings is 3. The fourth-order valence-corrected chi connectivity index (χ4v) is 4.79. The van der Waals surface area contributed by atoms with Crippen LogP contribution in [0.3, 0.4) is 0 Å². The Bertz CT molecular complexity index is 1400. The van der Waals surface area contributed by atoms with Gasteiger partial charge in [-0.25, -0.2) is 9.97 Å². The van der Waals surface area contributed by atoms with Crippen LogP contribution in [0.25, 0.3) is 22.5 Å². The molecule has 0 bridgehead atoms. The third-order valence-electron chi connectivity index (χ3n) is 5.84. The molecule has 4 heteroatoms. The fraction of sp³-hybridized carbons (Fsp3) is 0.0667. The Balaban J connectivity index is 1.46. The average molecular weight is 461 g/mol. The maximum atomic E-state index is 10.7. The zero-order valence-corrected chi connectivity index (χ0v) is 19.6. The molecule has 5 rings (SSSR count). The monoisotopic (exact) mass is 460 g/mol. The summed E-state index contributed by atoms with van der Waals surface area (Å²) in [5.41, 5.74) is 5.75. The van der Waals surface area contributed by atoms with E-state index in [0.29, 0.717) is 0 Å². The third-order valence-corrected chi connectivity index (χ3v) is 6.78. The van der Waals surface area contributed by atoms with E-state index in [9.17, 15) is 5.11 Å². The molecule has 3 aromatic carbocycles. The molecule has 0 aliphatic rings. The van der Waals surface area contributed by atoms with Gasteiger partial charge in [0.15, 0.2) is 0 Å². The van der Waals surface area contributed by atoms with Crippen LogP contribution < -0.4 is 0 Å². The molecule has 0 fully saturated rings. The third kappa shape index (κ3) is 4.87. The van der Waals surface area contributed by atoms with Crippen LogP contribution in [-0.2, 0) is 0 Å². The van der Waals surface area contributed by atoms with Crippen molar-refractivity contribution in [1.82, 2.24) is 9.97 Å². The quantitative estimate of drug-likeness (QED) is 0.281. The topological polar surface area (TPSA) is 46.0 Å². The summed E-state index contributed by atoms with van der Waals surface area (Å²) in [6.07, 6.45) is 1.80. The SMILES string of the molecule is CC(c1ccccc1)c1ccc(O)c(-c2cccc(-c3cccc(Sc4ccccn4)c3)n2)c1. The van der Waals surface area contributed by atoms with Crippen LogP contribution in [0.4, 0.5) is 0 Å². The van der Waals surface area contributed by atoms with Crippen LogP contribution in [0.2, 0.25) is 0 Å². The van der Waals surface area contributed by atoms with Crippen molar-refractivity contribution < 1.29 is 5.11 Å². The maximum Gasteiger partial charge on any atom is 0.124 e. The van der Waals surface area contributed by atoms with Crippen molar-refractivity contribution in [2.24, 2.45) is 0 Å². The molecule has 0 saturated heterocycles. The first-order chi connectivity index (χ1) is 16.7. The van der Waals surface area contributed by atoms with E-state index in [4.69, 9.17) is 4.98 Å². The standard InChI is InChI=1S/C30H24N2OS/c1-21(22-9-3-2-4-10-22)23-16-17-29(33)26(20-23)28-14-8-13-27(32-28)24-11-7-12-25(19-24)34-30-15-5-6-18-31-30/h2-21,33H,1H3. The van der Waals surface area contributed by atoms with Crippen molar-refractivity contribution in [2.45, 2.75) is 22.8 Å². The fourth-order valence-electron chi connectivity index (χ4n) is 3.95. The summed E-state index contributed by atoms with van der Waals surface area (Å²) in [6, 6.07) is 36.3. The smallest absolute Gasteiger partial charge is 0.124 e. The summed E-state index contributed by atoms with van der Waals surface area (Å²) in [7, 11) is 0. The van der Waals surface area contributed by atoms with Crippen LogP contribution in [0, 0.1) is 0 Å². The number of aromatic hydroxyl groups is 1. The van der Waals surface area contributed by atoms with Crippen molar-refractivity contribution in [3.05, 3.63) is 127 Å². The molecule has 2 aromatic heterocycles. The van der Waals surface area contributed by atoms with Crippen LogP contribution in [-0.4, -0.2) is 15.1 Å². The number of phenols is 1. The van der Waals surface area contributed by atoms with Crippen molar-refractivity contribution in [3.63, 3.8) is 0 Å². The molecule has 0 aliphatic heterocycles. The summed E-state index contributed by atoms with van der Waals surface area (Å²) in [4.78, 5) is 10.4. The van der Waals surface area contributed by atoms with E-state index in [1.54, 1.807) is 24.0 Å². The highest BCUT2D eigenvalue weighted by Crippen LogP contribution is 2.35. The van der Waals surface area contributed by atoms with Gasteiger partial charge in [-0.1, -0.05) is 79.3 Å². The molecule has 5 aromatic rings. The first-order valence-corrected chi connectivity index (χ1v) is 12.0. The summed E-state index contributed by atoms with van der Waals surface area (Å²) in [6.45, 7) is 2.18. The molecule has 1 unspecified atom stereocenters. The van der Waals surface area contributed by atoms with E-state index in [1.165, 1.54) is 5.56 Å². The molecule has 0 radical (unpaired) electrons. The molecule has 2 heterocycles. The van der Waals surface area contributed by atoms with E-state index >= 15 is 0 Å². The highest BCUT2D eigenvalue weighted by Gasteiger charge is 2.14. The molecular formula is C30H24N2OS. The zero-order valence-electron chi connectivity index (χ0n) is 18.8. The summed E-state index contributed by atoms with van der Waals surface area (Å²) < 4.78 is 0. The van der Waals surface area contributed by atoms with E-state index in [1.807, 2.05) is 60.7 Å². The summed E-state index contributed by atoms with van der Waals surface area (Å²) >= 11 is 1.62. The Morgan fingerprint density at radius 3 is 2.32 bits per heavy atom. The van der Waals surface area contributed by atoms with Gasteiger partial charge < -0.3 is 5.11 Å². The molecule has 0 amide bonds. The van der Waals surface area contributed by atoms with Gasteiger partial charge in [0, 0.05) is 28.1 Å². The Kier molecular flexibility index (Phi) is 6.41. The van der Waals surface area contributed by atoms with E-state index < -0.39 is 0 Å². The van der Waals surface area contributed by atoms with Crippen molar-refractivity contribution in [2.75, 3.05) is 0 Å². The zero-order chi connectivity index (χ0) is 23.3. The molecule has 34 heavy (non-hydrogen) atoms. The molecule has 1 atom stereocenters. The Morgan fingerprint density at radius 2 is 1.50 bits per heavy atom. The van der Waals surface area contributed by atoms with Crippen molar-refractivity contribution in [3.8, 4) is 28.3 Å². The van der Waals surface area contributed by atoms with Gasteiger partial charge in [0.1, 0.15) is 10.8 Å². The van der Waals surface area contributed by atoms with E-state index in [2.05, 4.69) is 54.4 Å². The highest BCUT2D eigenvalue weighted by atomic mass is 32.2. The number of hydrogen-bond donors (Lipinski definition) is 1. The van der Waals surface area contributed by atoms with Crippen LogP contribution >= 0.6 is 11.8 Å². The number of nitrogens with zero attached hydrogens (tertiary/aromatic N) is 2. The van der Waals surface area contributed by atoms with Gasteiger partial charge in [0.25, 0.3) is 0 Å². The van der Waals surface area contributed by atoms with Gasteiger partial charge in [-0.15, -0.1) is 0 Å². The minimum atomic E-state index is 0.212. The molecule has 3 nitrogen and oxygen atoms in total. The lowest BCUT2D eigenvalue weighted by molar-refractivity contribution is 0.477. The van der Waals surface area contributed by atoms with E-state index in [0.717, 1.165) is 38.0 Å². The van der Waals surface area contributed by atoms with Gasteiger partial charge in [0.05, 0.1) is 11.4 Å². The van der Waals surface area contributed by atoms with Gasteiger partial charge in [-0.3, -0.25) is 0 Å². The molecule has 0 aliphatic carbocycles. The number of rotatable bonds is 6. The van der Waals surface area contributed by atoms with E-state index in [-0.39, 0.29) is 11.7 Å². The number of phenolic OH excluding ortho intramolecular Hbond substituents is 1. The lowest BCUT2D eigenvalue weighted by Gasteiger charge is -2.15. The van der Waals surface area contributed by atoms with Gasteiger partial charge in [-0.2, -0.15) is 0 Å². The Morgan fingerprint density at radius 1 is 0.706 bits per heavy atom. The second kappa shape index (κ2) is 9.94. The lowest BCUT2D eigenvalue weighted by atomic mass is 9.91. The highest BCUT2D eigenvalue weighted by molar-refractivity contribution is 7.99. The summed E-state index contributed by atoms with van der Waals surface area (Å²) in [5, 5.41) is 11.6. The minimum absolute atomic E-state index is 0.212. The lowest BCUT2D eigenvalue weighted by Crippen LogP contribution is -1.97. The molecular weight excluding hydrogens is 436 g/mol. The number of hydrogen-bond acceptors (Lipinski definition) is 4. The largest absolute Gasteiger partial charge is 0.507 e.